The van der Waals surface area contributed by atoms with Gasteiger partial charge in [0.1, 0.15) is 4.83 Å². The van der Waals surface area contributed by atoms with E-state index in [0.717, 1.165) is 42.8 Å². The van der Waals surface area contributed by atoms with Crippen molar-refractivity contribution in [2.75, 3.05) is 5.75 Å². The number of carboxylic acid groups (broad SMARTS) is 2. The Morgan fingerprint density at radius 1 is 0.970 bits per heavy atom. The lowest BCUT2D eigenvalue weighted by Gasteiger charge is -2.04. The summed E-state index contributed by atoms with van der Waals surface area (Å²) in [6.07, 6.45) is 12.8. The van der Waals surface area contributed by atoms with Crippen molar-refractivity contribution in [2.24, 2.45) is 0 Å². The highest BCUT2D eigenvalue weighted by molar-refractivity contribution is 9.10. The summed E-state index contributed by atoms with van der Waals surface area (Å²) in [6.45, 7) is 10.6. The Labute approximate surface area is 212 Å². The number of carbonyl (C=O) groups is 2. The van der Waals surface area contributed by atoms with E-state index in [4.69, 9.17) is 5.11 Å². The molecule has 0 aromatic heterocycles. The summed E-state index contributed by atoms with van der Waals surface area (Å²) < 4.78 is 0. The summed E-state index contributed by atoms with van der Waals surface area (Å²) in [5, 5.41) is 17.5. The molecule has 0 spiro atoms. The maximum Gasteiger partial charge on any atom is 0.336 e. The fourth-order valence-corrected chi connectivity index (χ4v) is 4.25. The molecule has 4 nitrogen and oxygen atoms in total. The zero-order valence-corrected chi connectivity index (χ0v) is 23.0. The van der Waals surface area contributed by atoms with E-state index < -0.39 is 11.9 Å². The van der Waals surface area contributed by atoms with Crippen LogP contribution in [0, 0.1) is 0 Å². The van der Waals surface area contributed by atoms with Crippen LogP contribution in [0.15, 0.2) is 64.1 Å². The van der Waals surface area contributed by atoms with Crippen LogP contribution in [0.25, 0.3) is 0 Å². The third kappa shape index (κ3) is 16.5. The first-order chi connectivity index (χ1) is 15.6. The molecule has 0 radical (unpaired) electrons. The zero-order chi connectivity index (χ0) is 25.2. The average Bonchev–Trinajstić information content (AvgIpc) is 2.74. The van der Waals surface area contributed by atoms with Gasteiger partial charge in [0.2, 0.25) is 0 Å². The molecule has 0 saturated carbocycles. The Hall–Kier alpha value is -1.79. The minimum absolute atomic E-state index is 0.354. The highest BCUT2D eigenvalue weighted by Crippen LogP contribution is 2.23. The van der Waals surface area contributed by atoms with Gasteiger partial charge in [-0.25, -0.2) is 4.79 Å². The minimum atomic E-state index is -0.863. The van der Waals surface area contributed by atoms with Crippen molar-refractivity contribution < 1.29 is 19.8 Å². The molecule has 0 amide bonds. The first-order valence-corrected chi connectivity index (χ1v) is 13.2. The number of halogens is 1. The van der Waals surface area contributed by atoms with E-state index in [-0.39, 0.29) is 4.83 Å². The summed E-state index contributed by atoms with van der Waals surface area (Å²) >= 11 is 4.58. The number of alkyl halides is 1. The summed E-state index contributed by atoms with van der Waals surface area (Å²) in [4.78, 5) is 21.7. The number of carboxylic acids is 2. The van der Waals surface area contributed by atoms with Gasteiger partial charge in [0.15, 0.2) is 0 Å². The van der Waals surface area contributed by atoms with E-state index >= 15 is 0 Å². The minimum Gasteiger partial charge on any atom is -0.480 e. The molecular weight excluding hydrogens is 500 g/mol. The van der Waals surface area contributed by atoms with E-state index in [2.05, 4.69) is 61.9 Å². The van der Waals surface area contributed by atoms with Crippen molar-refractivity contribution in [3.05, 3.63) is 64.8 Å². The molecule has 1 aromatic carbocycles. The number of benzene rings is 1. The molecule has 2 N–H and O–H groups in total. The van der Waals surface area contributed by atoms with Crippen LogP contribution in [0.3, 0.4) is 0 Å². The molecule has 0 fully saturated rings. The van der Waals surface area contributed by atoms with E-state index in [0.29, 0.717) is 12.0 Å². The Morgan fingerprint density at radius 2 is 1.55 bits per heavy atom. The van der Waals surface area contributed by atoms with Crippen molar-refractivity contribution in [3.8, 4) is 0 Å². The quantitative estimate of drug-likeness (QED) is 0.149. The first-order valence-electron chi connectivity index (χ1n) is 11.3. The zero-order valence-electron chi connectivity index (χ0n) is 20.6. The van der Waals surface area contributed by atoms with Gasteiger partial charge in [-0.05, 0) is 71.9 Å². The van der Waals surface area contributed by atoms with Crippen molar-refractivity contribution in [1.82, 2.24) is 0 Å². The number of thioether (sulfide) groups is 1. The summed E-state index contributed by atoms with van der Waals surface area (Å²) in [6, 6.07) is 7.18. The maximum atomic E-state index is 11.2. The van der Waals surface area contributed by atoms with E-state index in [1.807, 2.05) is 19.1 Å². The average molecular weight is 540 g/mol. The van der Waals surface area contributed by atoms with Gasteiger partial charge < -0.3 is 10.2 Å². The molecule has 0 bridgehead atoms. The molecule has 1 atom stereocenters. The van der Waals surface area contributed by atoms with Gasteiger partial charge in [0.25, 0.3) is 0 Å². The predicted octanol–water partition coefficient (Wildman–Crippen LogP) is 8.53. The lowest BCUT2D eigenvalue weighted by atomic mass is 10.1. The fourth-order valence-electron chi connectivity index (χ4n) is 2.76. The maximum absolute atomic E-state index is 11.2. The Balaban J connectivity index is 0.00000109. The van der Waals surface area contributed by atoms with Crippen LogP contribution < -0.4 is 0 Å². The van der Waals surface area contributed by atoms with Crippen molar-refractivity contribution in [3.63, 3.8) is 0 Å². The molecule has 0 unspecified atom stereocenters. The highest BCUT2D eigenvalue weighted by Gasteiger charge is 2.10. The van der Waals surface area contributed by atoms with Crippen LogP contribution in [0.4, 0.5) is 0 Å². The number of hydrogen-bond acceptors (Lipinski definition) is 3. The highest BCUT2D eigenvalue weighted by atomic mass is 79.9. The number of aromatic carboxylic acids is 1. The molecule has 6 heteroatoms. The summed E-state index contributed by atoms with van der Waals surface area (Å²) in [5.74, 6) is -0.830. The normalized spacial score (nSPS) is 12.4. The van der Waals surface area contributed by atoms with Crippen LogP contribution in [-0.2, 0) is 4.79 Å². The van der Waals surface area contributed by atoms with E-state index in [9.17, 15) is 14.7 Å². The van der Waals surface area contributed by atoms with Crippen LogP contribution in [0.5, 0.6) is 0 Å². The Kier molecular flexibility index (Phi) is 17.6. The van der Waals surface area contributed by atoms with E-state index in [1.54, 1.807) is 23.9 Å². The molecule has 0 aliphatic rings. The lowest BCUT2D eigenvalue weighted by molar-refractivity contribution is -0.136. The monoisotopic (exact) mass is 538 g/mol. The van der Waals surface area contributed by atoms with Gasteiger partial charge in [-0.2, -0.15) is 0 Å². The third-order valence-electron chi connectivity index (χ3n) is 4.72. The second-order valence-corrected chi connectivity index (χ2v) is 10.3. The molecule has 1 rings (SSSR count). The molecule has 0 aliphatic heterocycles. The number of aliphatic carboxylic acids is 1. The Morgan fingerprint density at radius 3 is 2.06 bits per heavy atom. The van der Waals surface area contributed by atoms with Crippen LogP contribution in [0.1, 0.15) is 83.5 Å². The van der Waals surface area contributed by atoms with Gasteiger partial charge in [-0.1, -0.05) is 76.4 Å². The molecule has 1 aromatic rings. The smallest absolute Gasteiger partial charge is 0.336 e. The molecule has 184 valence electrons. The molecule has 0 saturated heterocycles. The van der Waals surface area contributed by atoms with Crippen molar-refractivity contribution in [2.45, 2.75) is 82.9 Å². The van der Waals surface area contributed by atoms with Crippen molar-refractivity contribution in [1.29, 1.82) is 0 Å². The molecule has 33 heavy (non-hydrogen) atoms. The number of allylic oxidation sites excluding steroid dienone is 5. The second-order valence-electron chi connectivity index (χ2n) is 8.17. The van der Waals surface area contributed by atoms with Crippen molar-refractivity contribution >= 4 is 39.6 Å². The lowest BCUT2D eigenvalue weighted by Crippen LogP contribution is -2.11. The fraction of sp³-hybridized carbons (Fsp3) is 0.481. The third-order valence-corrected chi connectivity index (χ3v) is 6.57. The SMILES string of the molecule is CC(C)=CCC/C(C)=C/CC/C(C)=C/CSc1ccccc1C(=O)O.CCC[C@@H](Br)C(=O)O. The number of hydrogen-bond donors (Lipinski definition) is 2. The van der Waals surface area contributed by atoms with Gasteiger partial charge >= 0.3 is 11.9 Å². The Bertz CT molecular complexity index is 823. The molecule has 0 heterocycles. The first kappa shape index (κ1) is 31.2. The van der Waals surface area contributed by atoms with Gasteiger partial charge in [-0.3, -0.25) is 4.79 Å². The van der Waals surface area contributed by atoms with Crippen LogP contribution in [0.2, 0.25) is 0 Å². The molecular formula is C27H39BrO4S. The standard InChI is InChI=1S/C22H30O2S.C5H9BrO2/c1-17(2)9-7-10-18(3)11-8-12-19(4)15-16-25-21-14-6-5-13-20(21)22(23)24;1-2-3-4(6)5(7)8/h5-6,9,11,13-15H,7-8,10,12,16H2,1-4H3,(H,23,24);4H,2-3H2,1H3,(H,7,8)/b18-11+,19-15+;/t;4-/m.1/s1. The van der Waals surface area contributed by atoms with E-state index in [1.165, 1.54) is 16.7 Å². The van der Waals surface area contributed by atoms with Gasteiger partial charge in [0.05, 0.1) is 5.56 Å². The second kappa shape index (κ2) is 18.6. The molecule has 0 aliphatic carbocycles. The van der Waals surface area contributed by atoms with Crippen LogP contribution >= 0.6 is 27.7 Å². The van der Waals surface area contributed by atoms with Crippen LogP contribution in [-0.4, -0.2) is 32.7 Å². The topological polar surface area (TPSA) is 74.6 Å². The summed E-state index contributed by atoms with van der Waals surface area (Å²) in [7, 11) is 0. The predicted molar refractivity (Wildman–Crippen MR) is 145 cm³/mol. The summed E-state index contributed by atoms with van der Waals surface area (Å²) in [5.41, 5.74) is 4.57. The van der Waals surface area contributed by atoms with Gasteiger partial charge in [0, 0.05) is 10.6 Å². The number of rotatable bonds is 13. The largest absolute Gasteiger partial charge is 0.480 e. The van der Waals surface area contributed by atoms with Gasteiger partial charge in [-0.15, -0.1) is 11.8 Å².